The molecule has 23 heavy (non-hydrogen) atoms. The molecule has 126 valence electrons. The molecule has 1 aromatic rings. The minimum absolute atomic E-state index is 0.0223. The number of oxime groups is 1. The monoisotopic (exact) mass is 357 g/mol. The smallest absolute Gasteiger partial charge is 0.106 e. The molecule has 3 rings (SSSR count). The summed E-state index contributed by atoms with van der Waals surface area (Å²) in [5.41, 5.74) is 2.02. The molecule has 2 fully saturated rings. The second kappa shape index (κ2) is 6.98. The molecule has 0 spiro atoms. The van der Waals surface area contributed by atoms with Crippen LogP contribution >= 0.6 is 23.2 Å². The van der Waals surface area contributed by atoms with E-state index in [4.69, 9.17) is 32.8 Å². The van der Waals surface area contributed by atoms with E-state index in [2.05, 4.69) is 5.16 Å². The molecule has 2 heterocycles. The average Bonchev–Trinajstić information content (AvgIpc) is 2.83. The summed E-state index contributed by atoms with van der Waals surface area (Å²) in [6.45, 7) is 2.04. The van der Waals surface area contributed by atoms with Crippen molar-refractivity contribution in [1.29, 1.82) is 0 Å². The molecule has 0 aromatic heterocycles. The molecule has 6 heteroatoms. The van der Waals surface area contributed by atoms with Crippen LogP contribution in [-0.4, -0.2) is 36.2 Å². The van der Waals surface area contributed by atoms with Crippen LogP contribution < -0.4 is 0 Å². The van der Waals surface area contributed by atoms with Crippen LogP contribution in [0, 0.1) is 5.92 Å². The van der Waals surface area contributed by atoms with Crippen molar-refractivity contribution in [2.75, 3.05) is 7.11 Å². The Hall–Kier alpha value is -0.810. The second-order valence-corrected chi connectivity index (χ2v) is 7.00. The van der Waals surface area contributed by atoms with Gasteiger partial charge in [-0.25, -0.2) is 0 Å². The van der Waals surface area contributed by atoms with Gasteiger partial charge in [-0.15, -0.1) is 0 Å². The second-order valence-electron chi connectivity index (χ2n) is 6.19. The summed E-state index contributed by atoms with van der Waals surface area (Å²) in [5.74, 6) is 0.158. The maximum absolute atomic E-state index is 10.4. The fourth-order valence-corrected chi connectivity index (χ4v) is 4.20. The first kappa shape index (κ1) is 17.0. The quantitative estimate of drug-likeness (QED) is 0.653. The van der Waals surface area contributed by atoms with Crippen molar-refractivity contribution in [3.8, 4) is 0 Å². The Morgan fingerprint density at radius 2 is 2.13 bits per heavy atom. The minimum atomic E-state index is -0.466. The summed E-state index contributed by atoms with van der Waals surface area (Å²) in [5, 5.41) is 15.7. The molecule has 2 saturated heterocycles. The van der Waals surface area contributed by atoms with Gasteiger partial charge in [0.05, 0.1) is 34.1 Å². The third-order valence-electron chi connectivity index (χ3n) is 4.86. The third kappa shape index (κ3) is 3.22. The van der Waals surface area contributed by atoms with Crippen molar-refractivity contribution in [2.24, 2.45) is 11.1 Å². The van der Waals surface area contributed by atoms with Crippen LogP contribution in [0.2, 0.25) is 10.0 Å². The van der Waals surface area contributed by atoms with Crippen LogP contribution in [0.25, 0.3) is 0 Å². The summed E-state index contributed by atoms with van der Waals surface area (Å²) in [7, 11) is 1.54. The van der Waals surface area contributed by atoms with Crippen molar-refractivity contribution in [3.05, 3.63) is 33.8 Å². The number of benzene rings is 1. The molecular weight excluding hydrogens is 337 g/mol. The van der Waals surface area contributed by atoms with Crippen molar-refractivity contribution in [1.82, 2.24) is 0 Å². The highest BCUT2D eigenvalue weighted by Gasteiger charge is 2.50. The molecule has 2 aliphatic heterocycles. The van der Waals surface area contributed by atoms with E-state index in [1.807, 2.05) is 25.1 Å². The van der Waals surface area contributed by atoms with Crippen molar-refractivity contribution in [3.63, 3.8) is 0 Å². The molecule has 0 amide bonds. The molecular formula is C17H21Cl2NO3. The fraction of sp³-hybridized carbons (Fsp3) is 0.588. The first-order chi connectivity index (χ1) is 11.0. The van der Waals surface area contributed by atoms with Crippen LogP contribution in [0.15, 0.2) is 23.4 Å². The molecule has 2 unspecified atom stereocenters. The zero-order chi connectivity index (χ0) is 16.6. The van der Waals surface area contributed by atoms with E-state index in [9.17, 15) is 5.11 Å². The van der Waals surface area contributed by atoms with Gasteiger partial charge in [-0.3, -0.25) is 0 Å². The number of ether oxygens (including phenoxy) is 1. The Balaban J connectivity index is 2.01. The lowest BCUT2D eigenvalue weighted by molar-refractivity contribution is -0.0509. The van der Waals surface area contributed by atoms with E-state index < -0.39 is 6.10 Å². The highest BCUT2D eigenvalue weighted by Crippen LogP contribution is 2.47. The van der Waals surface area contributed by atoms with E-state index >= 15 is 0 Å². The Labute approximate surface area is 146 Å². The number of nitrogens with zero attached hydrogens (tertiary/aromatic N) is 1. The number of halogens is 2. The van der Waals surface area contributed by atoms with Gasteiger partial charge >= 0.3 is 0 Å². The van der Waals surface area contributed by atoms with Crippen LogP contribution in [0.3, 0.4) is 0 Å². The van der Waals surface area contributed by atoms with Gasteiger partial charge in [0.25, 0.3) is 0 Å². The molecule has 2 bridgehead atoms. The lowest BCUT2D eigenvalue weighted by Crippen LogP contribution is -2.42. The van der Waals surface area contributed by atoms with Gasteiger partial charge in [0.2, 0.25) is 0 Å². The maximum Gasteiger partial charge on any atom is 0.106 e. The van der Waals surface area contributed by atoms with E-state index in [-0.39, 0.29) is 24.0 Å². The van der Waals surface area contributed by atoms with Crippen molar-refractivity contribution >= 4 is 28.9 Å². The third-order valence-corrected chi connectivity index (χ3v) is 5.60. The summed E-state index contributed by atoms with van der Waals surface area (Å²) in [4.78, 5) is 5.02. The lowest BCUT2D eigenvalue weighted by atomic mass is 9.75. The molecule has 0 aliphatic carbocycles. The highest BCUT2D eigenvalue weighted by molar-refractivity contribution is 6.42. The van der Waals surface area contributed by atoms with E-state index in [0.717, 1.165) is 24.1 Å². The van der Waals surface area contributed by atoms with Gasteiger partial charge in [0.15, 0.2) is 0 Å². The van der Waals surface area contributed by atoms with Crippen LogP contribution in [0.5, 0.6) is 0 Å². The Kier molecular flexibility index (Phi) is 5.16. The molecule has 1 aromatic carbocycles. The van der Waals surface area contributed by atoms with Gasteiger partial charge in [-0.2, -0.15) is 0 Å². The molecule has 5 atom stereocenters. The largest absolute Gasteiger partial charge is 0.399 e. The average molecular weight is 358 g/mol. The first-order valence-corrected chi connectivity index (χ1v) is 8.69. The van der Waals surface area contributed by atoms with Crippen molar-refractivity contribution in [2.45, 2.75) is 50.4 Å². The van der Waals surface area contributed by atoms with Crippen molar-refractivity contribution < 1.29 is 14.7 Å². The zero-order valence-corrected chi connectivity index (χ0v) is 14.7. The summed E-state index contributed by atoms with van der Waals surface area (Å²) < 4.78 is 6.01. The van der Waals surface area contributed by atoms with Gasteiger partial charge in [-0.1, -0.05) is 41.3 Å². The SMILES string of the molecule is CCC(=NOC)[C@H]1[C@@H](c2ccc(Cl)c(Cl)c2)CC2CC(O)[C@@H]1O2. The number of aliphatic hydroxyl groups excluding tert-OH is 1. The van der Waals surface area contributed by atoms with Gasteiger partial charge in [0.1, 0.15) is 7.11 Å². The summed E-state index contributed by atoms with van der Waals surface area (Å²) >= 11 is 12.3. The number of rotatable bonds is 4. The standard InChI is InChI=1S/C17H21Cl2NO3/c1-3-14(20-22-2)16-11(7-10-8-15(21)17(16)23-10)9-4-5-12(18)13(19)6-9/h4-6,10-11,15-17,21H,3,7-8H2,1-2H3/t10?,11-,15?,16-,17+/m1/s1. The first-order valence-electron chi connectivity index (χ1n) is 7.93. The predicted molar refractivity (Wildman–Crippen MR) is 91.3 cm³/mol. The molecule has 0 saturated carbocycles. The number of hydrogen-bond acceptors (Lipinski definition) is 4. The summed E-state index contributed by atoms with van der Waals surface area (Å²) in [6, 6.07) is 5.74. The number of fused-ring (bicyclic) bond motifs is 2. The molecule has 4 nitrogen and oxygen atoms in total. The lowest BCUT2D eigenvalue weighted by Gasteiger charge is -2.38. The van der Waals surface area contributed by atoms with Crippen LogP contribution in [0.1, 0.15) is 37.7 Å². The Morgan fingerprint density at radius 1 is 1.35 bits per heavy atom. The van der Waals surface area contributed by atoms with Crippen LogP contribution in [0.4, 0.5) is 0 Å². The number of aliphatic hydroxyl groups is 1. The van der Waals surface area contributed by atoms with Gasteiger partial charge in [-0.05, 0) is 36.5 Å². The van der Waals surface area contributed by atoms with E-state index in [1.165, 1.54) is 0 Å². The number of hydrogen-bond donors (Lipinski definition) is 1. The Morgan fingerprint density at radius 3 is 2.78 bits per heavy atom. The molecule has 0 radical (unpaired) electrons. The van der Waals surface area contributed by atoms with E-state index in [0.29, 0.717) is 16.5 Å². The molecule has 2 aliphatic rings. The molecule has 1 N–H and O–H groups in total. The topological polar surface area (TPSA) is 51.0 Å². The van der Waals surface area contributed by atoms with Gasteiger partial charge < -0.3 is 14.7 Å². The Bertz CT molecular complexity index is 608. The zero-order valence-electron chi connectivity index (χ0n) is 13.2. The maximum atomic E-state index is 10.4. The fourth-order valence-electron chi connectivity index (χ4n) is 3.89. The van der Waals surface area contributed by atoms with Crippen LogP contribution in [-0.2, 0) is 9.57 Å². The minimum Gasteiger partial charge on any atom is -0.399 e. The van der Waals surface area contributed by atoms with E-state index in [1.54, 1.807) is 7.11 Å². The van der Waals surface area contributed by atoms with Gasteiger partial charge in [0, 0.05) is 12.3 Å². The highest BCUT2D eigenvalue weighted by atomic mass is 35.5. The normalized spacial score (nSPS) is 33.8. The predicted octanol–water partition coefficient (Wildman–Crippen LogP) is 4.03. The summed E-state index contributed by atoms with van der Waals surface area (Å²) in [6.07, 6.45) is 1.61.